The molecule has 1 aliphatic heterocycles. The summed E-state index contributed by atoms with van der Waals surface area (Å²) in [6, 6.07) is 12.5. The minimum atomic E-state index is 0.403. The van der Waals surface area contributed by atoms with Gasteiger partial charge in [0.2, 0.25) is 5.95 Å². The molecule has 0 unspecified atom stereocenters. The zero-order chi connectivity index (χ0) is 22.9. The number of fused-ring (bicyclic) bond motifs is 1. The third kappa shape index (κ3) is 4.86. The van der Waals surface area contributed by atoms with Crippen LogP contribution in [0.15, 0.2) is 40.9 Å². The van der Waals surface area contributed by atoms with Crippen LogP contribution in [0, 0.1) is 6.92 Å². The van der Waals surface area contributed by atoms with Crippen LogP contribution in [0.1, 0.15) is 24.2 Å². The maximum absolute atomic E-state index is 6.18. The van der Waals surface area contributed by atoms with Crippen molar-refractivity contribution in [2.45, 2.75) is 32.2 Å². The first-order valence-electron chi connectivity index (χ1n) is 11.2. The number of benzene rings is 2. The Balaban J connectivity index is 1.13. The summed E-state index contributed by atoms with van der Waals surface area (Å²) in [6.07, 6.45) is 3.19. The van der Waals surface area contributed by atoms with Gasteiger partial charge >= 0.3 is 0 Å². The van der Waals surface area contributed by atoms with E-state index in [0.717, 1.165) is 61.4 Å². The fourth-order valence-electron chi connectivity index (χ4n) is 4.32. The normalized spacial score (nSPS) is 15.4. The summed E-state index contributed by atoms with van der Waals surface area (Å²) in [4.78, 5) is 11.5. The van der Waals surface area contributed by atoms with E-state index in [2.05, 4.69) is 44.6 Å². The summed E-state index contributed by atoms with van der Waals surface area (Å²) in [5, 5.41) is 8.55. The number of anilines is 1. The van der Waals surface area contributed by atoms with Crippen molar-refractivity contribution in [1.82, 2.24) is 24.6 Å². The molecule has 1 saturated heterocycles. The van der Waals surface area contributed by atoms with Gasteiger partial charge in [-0.25, -0.2) is 4.98 Å². The van der Waals surface area contributed by atoms with Gasteiger partial charge in [-0.15, -0.1) is 0 Å². The zero-order valence-corrected chi connectivity index (χ0v) is 20.2. The van der Waals surface area contributed by atoms with Crippen molar-refractivity contribution in [1.29, 1.82) is 0 Å². The molecule has 172 valence electrons. The van der Waals surface area contributed by atoms with E-state index in [9.17, 15) is 0 Å². The minimum Gasteiger partial charge on any atom is -0.353 e. The van der Waals surface area contributed by atoms with Crippen LogP contribution in [0.2, 0.25) is 10.0 Å². The molecule has 9 heteroatoms. The van der Waals surface area contributed by atoms with Gasteiger partial charge in [0.1, 0.15) is 0 Å². The molecule has 0 spiro atoms. The highest BCUT2D eigenvalue weighted by Gasteiger charge is 2.21. The number of halogens is 2. The number of hydrogen-bond donors (Lipinski definition) is 1. The second kappa shape index (κ2) is 9.33. The van der Waals surface area contributed by atoms with E-state index in [1.54, 1.807) is 0 Å². The maximum Gasteiger partial charge on any atom is 0.257 e. The van der Waals surface area contributed by atoms with Crippen LogP contribution in [0.5, 0.6) is 0 Å². The molecular formula is C24H26Cl2N6O. The molecule has 3 heterocycles. The van der Waals surface area contributed by atoms with Crippen molar-refractivity contribution >= 4 is 40.2 Å². The molecule has 0 atom stereocenters. The quantitative estimate of drug-likeness (QED) is 0.397. The number of hydrogen-bond acceptors (Lipinski definition) is 6. The highest BCUT2D eigenvalue weighted by Crippen LogP contribution is 2.29. The molecule has 7 nitrogen and oxygen atoms in total. The number of imidazole rings is 1. The highest BCUT2D eigenvalue weighted by molar-refractivity contribution is 6.42. The number of likely N-dealkylation sites (tertiary alicyclic amines) is 1. The first kappa shape index (κ1) is 22.2. The lowest BCUT2D eigenvalue weighted by molar-refractivity contribution is 0.221. The molecule has 2 aromatic heterocycles. The Hall–Kier alpha value is -2.61. The van der Waals surface area contributed by atoms with Gasteiger partial charge in [-0.05, 0) is 56.0 Å². The SMILES string of the molecule is Cc1noc(-c2ccc(CCN3CCC(Nc4nc5cc(Cl)c(Cl)cc5n4C)CC3)cc2)n1. The van der Waals surface area contributed by atoms with Gasteiger partial charge in [0.05, 0.1) is 21.1 Å². The van der Waals surface area contributed by atoms with Crippen LogP contribution in [0.4, 0.5) is 5.95 Å². The van der Waals surface area contributed by atoms with Crippen LogP contribution in [-0.2, 0) is 13.5 Å². The summed E-state index contributed by atoms with van der Waals surface area (Å²) < 4.78 is 7.28. The Labute approximate surface area is 202 Å². The number of nitrogens with zero attached hydrogens (tertiary/aromatic N) is 5. The molecule has 0 aliphatic carbocycles. The van der Waals surface area contributed by atoms with Crippen molar-refractivity contribution in [3.63, 3.8) is 0 Å². The average molecular weight is 485 g/mol. The van der Waals surface area contributed by atoms with E-state index in [-0.39, 0.29) is 0 Å². The van der Waals surface area contributed by atoms with Crippen molar-refractivity contribution in [2.75, 3.05) is 25.0 Å². The second-order valence-electron chi connectivity index (χ2n) is 8.60. The topological polar surface area (TPSA) is 72.0 Å². The second-order valence-corrected chi connectivity index (χ2v) is 9.42. The van der Waals surface area contributed by atoms with E-state index in [1.807, 2.05) is 30.7 Å². The van der Waals surface area contributed by atoms with E-state index >= 15 is 0 Å². The van der Waals surface area contributed by atoms with Crippen LogP contribution in [0.3, 0.4) is 0 Å². The summed E-state index contributed by atoms with van der Waals surface area (Å²) in [7, 11) is 2.00. The highest BCUT2D eigenvalue weighted by atomic mass is 35.5. The molecule has 2 aromatic carbocycles. The standard InChI is InChI=1S/C24H26Cl2N6O/c1-15-27-23(33-30-15)17-5-3-16(4-6-17)7-10-32-11-8-18(9-12-32)28-24-29-21-13-19(25)20(26)14-22(21)31(24)2/h3-6,13-14,18H,7-12H2,1-2H3,(H,28,29). The predicted octanol–water partition coefficient (Wildman–Crippen LogP) is 5.36. The molecule has 0 bridgehead atoms. The number of aryl methyl sites for hydroxylation is 2. The molecule has 0 amide bonds. The van der Waals surface area contributed by atoms with Gasteiger partial charge in [-0.1, -0.05) is 40.5 Å². The number of aromatic nitrogens is 4. The Bertz CT molecular complexity index is 1260. The van der Waals surface area contributed by atoms with Crippen LogP contribution in [-0.4, -0.2) is 50.3 Å². The molecule has 0 saturated carbocycles. The van der Waals surface area contributed by atoms with Crippen LogP contribution in [0.25, 0.3) is 22.5 Å². The molecule has 5 rings (SSSR count). The van der Waals surface area contributed by atoms with E-state index in [0.29, 0.717) is 27.8 Å². The minimum absolute atomic E-state index is 0.403. The van der Waals surface area contributed by atoms with E-state index < -0.39 is 0 Å². The lowest BCUT2D eigenvalue weighted by Crippen LogP contribution is -2.40. The molecule has 1 aliphatic rings. The Morgan fingerprint density at radius 1 is 1.06 bits per heavy atom. The molecule has 1 N–H and O–H groups in total. The Kier molecular flexibility index (Phi) is 6.27. The number of piperidine rings is 1. The van der Waals surface area contributed by atoms with Crippen molar-refractivity contribution in [3.05, 3.63) is 57.8 Å². The summed E-state index contributed by atoms with van der Waals surface area (Å²) >= 11 is 12.3. The third-order valence-electron chi connectivity index (χ3n) is 6.29. The molecule has 0 radical (unpaired) electrons. The van der Waals surface area contributed by atoms with Gasteiger partial charge in [-0.2, -0.15) is 4.98 Å². The molecular weight excluding hydrogens is 459 g/mol. The van der Waals surface area contributed by atoms with Crippen molar-refractivity contribution in [3.8, 4) is 11.5 Å². The third-order valence-corrected chi connectivity index (χ3v) is 7.01. The summed E-state index contributed by atoms with van der Waals surface area (Å²) in [5.41, 5.74) is 4.10. The van der Waals surface area contributed by atoms with E-state index in [4.69, 9.17) is 32.7 Å². The summed E-state index contributed by atoms with van der Waals surface area (Å²) in [6.45, 7) is 5.01. The number of nitrogens with one attached hydrogen (secondary N) is 1. The van der Waals surface area contributed by atoms with E-state index in [1.165, 1.54) is 5.56 Å². The lowest BCUT2D eigenvalue weighted by Gasteiger charge is -2.32. The number of rotatable bonds is 6. The fourth-order valence-corrected chi connectivity index (χ4v) is 4.63. The molecule has 33 heavy (non-hydrogen) atoms. The Morgan fingerprint density at radius 2 is 1.79 bits per heavy atom. The largest absolute Gasteiger partial charge is 0.353 e. The first-order chi connectivity index (χ1) is 16.0. The van der Waals surface area contributed by atoms with Crippen molar-refractivity contribution < 1.29 is 4.52 Å². The maximum atomic E-state index is 6.18. The van der Waals surface area contributed by atoms with Crippen molar-refractivity contribution in [2.24, 2.45) is 7.05 Å². The van der Waals surface area contributed by atoms with Crippen LogP contribution >= 0.6 is 23.2 Å². The van der Waals surface area contributed by atoms with Crippen LogP contribution < -0.4 is 5.32 Å². The lowest BCUT2D eigenvalue weighted by atomic mass is 10.0. The van der Waals surface area contributed by atoms with Gasteiger partial charge in [0.15, 0.2) is 5.82 Å². The summed E-state index contributed by atoms with van der Waals surface area (Å²) in [5.74, 6) is 2.08. The van der Waals surface area contributed by atoms with Gasteiger partial charge < -0.3 is 19.3 Å². The predicted molar refractivity (Wildman–Crippen MR) is 132 cm³/mol. The molecule has 1 fully saturated rings. The first-order valence-corrected chi connectivity index (χ1v) is 11.9. The Morgan fingerprint density at radius 3 is 2.48 bits per heavy atom. The average Bonchev–Trinajstić information content (AvgIpc) is 3.38. The van der Waals surface area contributed by atoms with Gasteiger partial charge in [-0.3, -0.25) is 0 Å². The molecule has 4 aromatic rings. The smallest absolute Gasteiger partial charge is 0.257 e. The van der Waals surface area contributed by atoms with Gasteiger partial charge in [0.25, 0.3) is 5.89 Å². The fraction of sp³-hybridized carbons (Fsp3) is 0.375. The monoisotopic (exact) mass is 484 g/mol. The van der Waals surface area contributed by atoms with Gasteiger partial charge in [0, 0.05) is 38.3 Å². The zero-order valence-electron chi connectivity index (χ0n) is 18.7.